The molecule has 0 amide bonds. The van der Waals surface area contributed by atoms with E-state index in [0.717, 1.165) is 6.54 Å². The van der Waals surface area contributed by atoms with Crippen LogP contribution >= 0.6 is 0 Å². The van der Waals surface area contributed by atoms with Gasteiger partial charge in [-0.15, -0.1) is 0 Å². The number of nitrogens with two attached hydrogens (primary N) is 1. The van der Waals surface area contributed by atoms with Gasteiger partial charge in [0.25, 0.3) is 0 Å². The molecule has 2 N–H and O–H groups in total. The van der Waals surface area contributed by atoms with Crippen LogP contribution in [0.3, 0.4) is 0 Å². The van der Waals surface area contributed by atoms with Gasteiger partial charge in [-0.25, -0.2) is 0 Å². The number of hydrogen-bond donors (Lipinski definition) is 1. The predicted molar refractivity (Wildman–Crippen MR) is 80.1 cm³/mol. The Morgan fingerprint density at radius 3 is 2.53 bits per heavy atom. The lowest BCUT2D eigenvalue weighted by molar-refractivity contribution is 0.0962. The zero-order valence-corrected chi connectivity index (χ0v) is 12.0. The summed E-state index contributed by atoms with van der Waals surface area (Å²) in [5.41, 5.74) is 8.07. The van der Waals surface area contributed by atoms with Crippen LogP contribution in [0.25, 0.3) is 0 Å². The van der Waals surface area contributed by atoms with Crippen LogP contribution in [0.1, 0.15) is 37.7 Å². The zero-order chi connectivity index (χ0) is 13.3. The number of hydrogen-bond acceptors (Lipinski definition) is 2. The second-order valence-electron chi connectivity index (χ2n) is 6.87. The molecule has 0 unspecified atom stereocenters. The third kappa shape index (κ3) is 2.70. The van der Waals surface area contributed by atoms with E-state index in [9.17, 15) is 0 Å². The van der Waals surface area contributed by atoms with Crippen LogP contribution in [0, 0.1) is 11.3 Å². The van der Waals surface area contributed by atoms with E-state index in [1.807, 2.05) is 0 Å². The van der Waals surface area contributed by atoms with Crippen LogP contribution in [-0.4, -0.2) is 31.1 Å². The standard InChI is InChI=1S/C17H26N2/c1-17(8-5-9-17)13-19-11-15(10-18)16(12-19)14-6-3-2-4-7-14/h2-4,6-7,15-16H,5,8-13,18H2,1H3/t15-,16+/m1/s1. The Hall–Kier alpha value is -0.860. The van der Waals surface area contributed by atoms with Gasteiger partial charge in [0.15, 0.2) is 0 Å². The van der Waals surface area contributed by atoms with E-state index in [1.165, 1.54) is 44.5 Å². The molecule has 1 aliphatic carbocycles. The number of benzene rings is 1. The molecular formula is C17H26N2. The van der Waals surface area contributed by atoms with Crippen LogP contribution in [0.2, 0.25) is 0 Å². The molecule has 1 aliphatic heterocycles. The van der Waals surface area contributed by atoms with Crippen molar-refractivity contribution in [1.29, 1.82) is 0 Å². The highest BCUT2D eigenvalue weighted by Gasteiger charge is 2.39. The van der Waals surface area contributed by atoms with Crippen LogP contribution in [0.15, 0.2) is 30.3 Å². The minimum atomic E-state index is 0.588. The van der Waals surface area contributed by atoms with Gasteiger partial charge < -0.3 is 10.6 Å². The second kappa shape index (κ2) is 5.26. The first-order valence-electron chi connectivity index (χ1n) is 7.68. The lowest BCUT2D eigenvalue weighted by atomic mass is 9.70. The van der Waals surface area contributed by atoms with Crippen molar-refractivity contribution in [2.75, 3.05) is 26.2 Å². The molecule has 1 aromatic rings. The fourth-order valence-electron chi connectivity index (χ4n) is 3.88. The van der Waals surface area contributed by atoms with E-state index >= 15 is 0 Å². The average Bonchev–Trinajstić information content (AvgIpc) is 2.81. The summed E-state index contributed by atoms with van der Waals surface area (Å²) in [6.07, 6.45) is 4.24. The molecule has 0 spiro atoms. The molecular weight excluding hydrogens is 232 g/mol. The van der Waals surface area contributed by atoms with Crippen molar-refractivity contribution in [3.63, 3.8) is 0 Å². The third-order valence-electron chi connectivity index (χ3n) is 5.21. The topological polar surface area (TPSA) is 29.3 Å². The van der Waals surface area contributed by atoms with Gasteiger partial charge in [-0.3, -0.25) is 0 Å². The first-order chi connectivity index (χ1) is 9.20. The first-order valence-corrected chi connectivity index (χ1v) is 7.68. The molecule has 2 aliphatic rings. The molecule has 2 atom stereocenters. The van der Waals surface area contributed by atoms with E-state index in [2.05, 4.69) is 42.2 Å². The Bertz CT molecular complexity index is 411. The smallest absolute Gasteiger partial charge is 0.00543 e. The van der Waals surface area contributed by atoms with Gasteiger partial charge in [-0.05, 0) is 36.3 Å². The number of likely N-dealkylation sites (tertiary alicyclic amines) is 1. The molecule has 1 aromatic carbocycles. The minimum absolute atomic E-state index is 0.588. The second-order valence-corrected chi connectivity index (χ2v) is 6.87. The van der Waals surface area contributed by atoms with Gasteiger partial charge in [0.2, 0.25) is 0 Å². The number of rotatable bonds is 4. The largest absolute Gasteiger partial charge is 0.330 e. The summed E-state index contributed by atoms with van der Waals surface area (Å²) in [4.78, 5) is 2.66. The van der Waals surface area contributed by atoms with Gasteiger partial charge in [-0.1, -0.05) is 43.7 Å². The van der Waals surface area contributed by atoms with Crippen molar-refractivity contribution in [3.05, 3.63) is 35.9 Å². The Kier molecular flexibility index (Phi) is 3.64. The zero-order valence-electron chi connectivity index (χ0n) is 12.0. The molecule has 2 fully saturated rings. The Balaban J connectivity index is 1.68. The molecule has 3 rings (SSSR count). The molecule has 1 heterocycles. The van der Waals surface area contributed by atoms with Gasteiger partial charge in [0.1, 0.15) is 0 Å². The van der Waals surface area contributed by atoms with E-state index in [1.54, 1.807) is 0 Å². The maximum Gasteiger partial charge on any atom is 0.00543 e. The maximum absolute atomic E-state index is 6.01. The maximum atomic E-state index is 6.01. The third-order valence-corrected chi connectivity index (χ3v) is 5.21. The lowest BCUT2D eigenvalue weighted by Gasteiger charge is -2.41. The summed E-state index contributed by atoms with van der Waals surface area (Å²) in [6.45, 7) is 6.91. The predicted octanol–water partition coefficient (Wildman–Crippen LogP) is 2.85. The summed E-state index contributed by atoms with van der Waals surface area (Å²) in [6, 6.07) is 10.9. The normalized spacial score (nSPS) is 30.2. The summed E-state index contributed by atoms with van der Waals surface area (Å²) in [5, 5.41) is 0. The Morgan fingerprint density at radius 1 is 1.21 bits per heavy atom. The van der Waals surface area contributed by atoms with Crippen LogP contribution in [0.5, 0.6) is 0 Å². The van der Waals surface area contributed by atoms with Crippen molar-refractivity contribution >= 4 is 0 Å². The van der Waals surface area contributed by atoms with Crippen molar-refractivity contribution in [2.45, 2.75) is 32.1 Å². The monoisotopic (exact) mass is 258 g/mol. The molecule has 0 aromatic heterocycles. The summed E-state index contributed by atoms with van der Waals surface area (Å²) >= 11 is 0. The fraction of sp³-hybridized carbons (Fsp3) is 0.647. The van der Waals surface area contributed by atoms with Crippen molar-refractivity contribution in [1.82, 2.24) is 4.90 Å². The average molecular weight is 258 g/mol. The van der Waals surface area contributed by atoms with Crippen molar-refractivity contribution < 1.29 is 0 Å². The molecule has 104 valence electrons. The fourth-order valence-corrected chi connectivity index (χ4v) is 3.88. The van der Waals surface area contributed by atoms with E-state index in [-0.39, 0.29) is 0 Å². The molecule has 1 saturated heterocycles. The summed E-state index contributed by atoms with van der Waals surface area (Å²) in [7, 11) is 0. The van der Waals surface area contributed by atoms with Crippen LogP contribution in [-0.2, 0) is 0 Å². The lowest BCUT2D eigenvalue weighted by Crippen LogP contribution is -2.39. The minimum Gasteiger partial charge on any atom is -0.330 e. The summed E-state index contributed by atoms with van der Waals surface area (Å²) in [5.74, 6) is 1.26. The molecule has 0 radical (unpaired) electrons. The number of nitrogens with zero attached hydrogens (tertiary/aromatic N) is 1. The van der Waals surface area contributed by atoms with E-state index in [4.69, 9.17) is 5.73 Å². The highest BCUT2D eigenvalue weighted by atomic mass is 15.2. The quantitative estimate of drug-likeness (QED) is 0.900. The highest BCUT2D eigenvalue weighted by Crippen LogP contribution is 2.43. The molecule has 2 nitrogen and oxygen atoms in total. The first kappa shape index (κ1) is 13.1. The van der Waals surface area contributed by atoms with Crippen LogP contribution < -0.4 is 5.73 Å². The van der Waals surface area contributed by atoms with Gasteiger partial charge in [-0.2, -0.15) is 0 Å². The van der Waals surface area contributed by atoms with Gasteiger partial charge in [0, 0.05) is 25.6 Å². The Morgan fingerprint density at radius 2 is 1.95 bits per heavy atom. The molecule has 19 heavy (non-hydrogen) atoms. The van der Waals surface area contributed by atoms with E-state index in [0.29, 0.717) is 17.3 Å². The van der Waals surface area contributed by atoms with E-state index < -0.39 is 0 Å². The SMILES string of the molecule is CC1(CN2C[C@@H](CN)[C@H](c3ccccc3)C2)CCC1. The van der Waals surface area contributed by atoms with Gasteiger partial charge >= 0.3 is 0 Å². The molecule has 2 heteroatoms. The van der Waals surface area contributed by atoms with Crippen LogP contribution in [0.4, 0.5) is 0 Å². The molecule has 1 saturated carbocycles. The van der Waals surface area contributed by atoms with Gasteiger partial charge in [0.05, 0.1) is 0 Å². The highest BCUT2D eigenvalue weighted by molar-refractivity contribution is 5.22. The van der Waals surface area contributed by atoms with Crippen molar-refractivity contribution in [2.24, 2.45) is 17.1 Å². The Labute approximate surface area is 117 Å². The van der Waals surface area contributed by atoms with Crippen molar-refractivity contribution in [3.8, 4) is 0 Å². The summed E-state index contributed by atoms with van der Waals surface area (Å²) < 4.78 is 0. The molecule has 0 bridgehead atoms.